The third-order valence-corrected chi connectivity index (χ3v) is 4.75. The molecule has 1 atom stereocenters. The topological polar surface area (TPSA) is 67.1 Å². The molecule has 0 bridgehead atoms. The van der Waals surface area contributed by atoms with Crippen LogP contribution in [0.5, 0.6) is 11.5 Å². The summed E-state index contributed by atoms with van der Waals surface area (Å²) in [6, 6.07) is 9.81. The lowest BCUT2D eigenvalue weighted by Gasteiger charge is -2.20. The second kappa shape index (κ2) is 9.78. The van der Waals surface area contributed by atoms with E-state index in [4.69, 9.17) is 13.9 Å². The van der Waals surface area contributed by atoms with Gasteiger partial charge in [-0.25, -0.2) is 0 Å². The molecule has 2 N–H and O–H groups in total. The van der Waals surface area contributed by atoms with Gasteiger partial charge in [-0.15, -0.1) is 0 Å². The largest absolute Gasteiger partial charge is 0.493 e. The Labute approximate surface area is 161 Å². The van der Waals surface area contributed by atoms with Gasteiger partial charge in [-0.3, -0.25) is 0 Å². The van der Waals surface area contributed by atoms with E-state index in [0.717, 1.165) is 30.2 Å². The minimum absolute atomic E-state index is 0.259. The first-order valence-electron chi connectivity index (χ1n) is 9.60. The number of aliphatic hydroxyl groups excluding tert-OH is 1. The van der Waals surface area contributed by atoms with Crippen LogP contribution in [0.4, 0.5) is 0 Å². The number of furan rings is 1. The number of benzene rings is 1. The summed E-state index contributed by atoms with van der Waals surface area (Å²) in [5.41, 5.74) is 1.09. The van der Waals surface area contributed by atoms with E-state index >= 15 is 0 Å². The van der Waals surface area contributed by atoms with Gasteiger partial charge in [-0.1, -0.05) is 6.07 Å². The van der Waals surface area contributed by atoms with Crippen molar-refractivity contribution in [3.8, 4) is 11.5 Å². The molecule has 1 saturated heterocycles. The highest BCUT2D eigenvalue weighted by Gasteiger charge is 2.17. The minimum Gasteiger partial charge on any atom is -0.493 e. The number of aryl methyl sites for hydroxylation is 1. The van der Waals surface area contributed by atoms with Gasteiger partial charge in [0.05, 0.1) is 13.7 Å². The van der Waals surface area contributed by atoms with Crippen molar-refractivity contribution in [1.29, 1.82) is 0 Å². The first-order chi connectivity index (χ1) is 13.1. The van der Waals surface area contributed by atoms with Crippen LogP contribution in [0, 0.1) is 6.92 Å². The van der Waals surface area contributed by atoms with Gasteiger partial charge in [0.15, 0.2) is 11.5 Å². The molecular weight excluding hydrogens is 344 g/mol. The normalized spacial score (nSPS) is 15.8. The third-order valence-electron chi connectivity index (χ3n) is 4.75. The van der Waals surface area contributed by atoms with Crippen LogP contribution in [0.15, 0.2) is 34.7 Å². The van der Waals surface area contributed by atoms with Crippen LogP contribution in [0.2, 0.25) is 0 Å². The van der Waals surface area contributed by atoms with Gasteiger partial charge >= 0.3 is 0 Å². The number of nitrogens with one attached hydrogen (secondary N) is 1. The summed E-state index contributed by atoms with van der Waals surface area (Å²) in [5, 5.41) is 13.6. The van der Waals surface area contributed by atoms with E-state index < -0.39 is 6.10 Å². The maximum Gasteiger partial charge on any atom is 0.161 e. The summed E-state index contributed by atoms with van der Waals surface area (Å²) in [6.45, 7) is 6.35. The molecule has 27 heavy (non-hydrogen) atoms. The molecule has 1 aliphatic heterocycles. The Morgan fingerprint density at radius 3 is 2.67 bits per heavy atom. The van der Waals surface area contributed by atoms with Gasteiger partial charge in [-0.2, -0.15) is 0 Å². The van der Waals surface area contributed by atoms with Crippen molar-refractivity contribution in [2.24, 2.45) is 0 Å². The molecule has 2 heterocycles. The van der Waals surface area contributed by atoms with E-state index in [1.54, 1.807) is 7.11 Å². The molecule has 1 aromatic heterocycles. The van der Waals surface area contributed by atoms with Crippen LogP contribution in [0.25, 0.3) is 0 Å². The second-order valence-electron chi connectivity index (χ2n) is 7.07. The van der Waals surface area contributed by atoms with Crippen molar-refractivity contribution in [1.82, 2.24) is 10.2 Å². The predicted octanol–water partition coefficient (Wildman–Crippen LogP) is 2.72. The average Bonchev–Trinajstić information content (AvgIpc) is 3.32. The molecule has 0 saturated carbocycles. The zero-order valence-corrected chi connectivity index (χ0v) is 16.2. The van der Waals surface area contributed by atoms with Gasteiger partial charge in [0.1, 0.15) is 24.2 Å². The van der Waals surface area contributed by atoms with Crippen molar-refractivity contribution in [2.75, 3.05) is 33.4 Å². The molecule has 1 aromatic carbocycles. The number of hydrogen-bond acceptors (Lipinski definition) is 6. The Bertz CT molecular complexity index is 710. The molecular formula is C21H30N2O4. The molecule has 2 aromatic rings. The molecule has 148 valence electrons. The van der Waals surface area contributed by atoms with Crippen molar-refractivity contribution >= 4 is 0 Å². The summed E-state index contributed by atoms with van der Waals surface area (Å²) >= 11 is 0. The molecule has 0 aliphatic carbocycles. The van der Waals surface area contributed by atoms with E-state index in [1.807, 2.05) is 37.3 Å². The number of aliphatic hydroxyl groups is 1. The molecule has 0 radical (unpaired) electrons. The van der Waals surface area contributed by atoms with Crippen LogP contribution in [-0.2, 0) is 13.1 Å². The first-order valence-corrected chi connectivity index (χ1v) is 9.60. The minimum atomic E-state index is -0.503. The molecule has 0 spiro atoms. The predicted molar refractivity (Wildman–Crippen MR) is 104 cm³/mol. The SMILES string of the molecule is COc1ccc(CNCc2ccc(C)o2)cc1OC[C@H](O)CN1CCCC1. The van der Waals surface area contributed by atoms with Crippen molar-refractivity contribution in [3.05, 3.63) is 47.4 Å². The lowest BCUT2D eigenvalue weighted by Crippen LogP contribution is -2.33. The summed E-state index contributed by atoms with van der Waals surface area (Å²) in [4.78, 5) is 2.28. The standard InChI is InChI=1S/C21H30N2O4/c1-16-5-7-19(27-16)13-22-12-17-6-8-20(25-2)21(11-17)26-15-18(24)14-23-9-3-4-10-23/h5-8,11,18,22,24H,3-4,9-10,12-15H2,1-2H3/t18-/m1/s1. The van der Waals surface area contributed by atoms with E-state index in [9.17, 15) is 5.11 Å². The fraction of sp³-hybridized carbons (Fsp3) is 0.524. The molecule has 3 rings (SSSR count). The van der Waals surface area contributed by atoms with Crippen molar-refractivity contribution in [2.45, 2.75) is 39.0 Å². The van der Waals surface area contributed by atoms with Crippen molar-refractivity contribution < 1.29 is 19.0 Å². The summed E-state index contributed by atoms with van der Waals surface area (Å²) in [6.07, 6.45) is 1.93. The lowest BCUT2D eigenvalue weighted by molar-refractivity contribution is 0.0746. The highest BCUT2D eigenvalue weighted by Crippen LogP contribution is 2.28. The fourth-order valence-corrected chi connectivity index (χ4v) is 3.36. The van der Waals surface area contributed by atoms with Crippen molar-refractivity contribution in [3.63, 3.8) is 0 Å². The number of ether oxygens (including phenoxy) is 2. The third kappa shape index (κ3) is 5.99. The van der Waals surface area contributed by atoms with Gasteiger partial charge in [0, 0.05) is 13.1 Å². The summed E-state index contributed by atoms with van der Waals surface area (Å²) in [5.74, 6) is 3.17. The smallest absolute Gasteiger partial charge is 0.161 e. The van der Waals surface area contributed by atoms with Crippen LogP contribution in [-0.4, -0.2) is 49.5 Å². The van der Waals surface area contributed by atoms with Crippen LogP contribution < -0.4 is 14.8 Å². The highest BCUT2D eigenvalue weighted by molar-refractivity contribution is 5.43. The monoisotopic (exact) mass is 374 g/mol. The summed E-state index contributed by atoms with van der Waals surface area (Å²) < 4.78 is 16.8. The van der Waals surface area contributed by atoms with E-state index in [2.05, 4.69) is 10.2 Å². The van der Waals surface area contributed by atoms with E-state index in [1.165, 1.54) is 12.8 Å². The zero-order valence-electron chi connectivity index (χ0n) is 16.2. The molecule has 6 heteroatoms. The Hall–Kier alpha value is -2.02. The molecule has 6 nitrogen and oxygen atoms in total. The first kappa shape index (κ1) is 19.7. The van der Waals surface area contributed by atoms with Crippen LogP contribution in [0.3, 0.4) is 0 Å². The summed E-state index contributed by atoms with van der Waals surface area (Å²) in [7, 11) is 1.63. The average molecular weight is 374 g/mol. The number of rotatable bonds is 10. The Morgan fingerprint density at radius 1 is 1.15 bits per heavy atom. The number of nitrogens with zero attached hydrogens (tertiary/aromatic N) is 1. The van der Waals surface area contributed by atoms with Crippen LogP contribution in [0.1, 0.15) is 29.9 Å². The number of likely N-dealkylation sites (tertiary alicyclic amines) is 1. The van der Waals surface area contributed by atoms with Gasteiger partial charge in [-0.05, 0) is 62.7 Å². The molecule has 1 aliphatic rings. The highest BCUT2D eigenvalue weighted by atomic mass is 16.5. The number of hydrogen-bond donors (Lipinski definition) is 2. The Morgan fingerprint density at radius 2 is 1.96 bits per heavy atom. The van der Waals surface area contributed by atoms with Gasteiger partial charge in [0.2, 0.25) is 0 Å². The van der Waals surface area contributed by atoms with Gasteiger partial charge in [0.25, 0.3) is 0 Å². The van der Waals surface area contributed by atoms with E-state index in [0.29, 0.717) is 31.1 Å². The molecule has 0 unspecified atom stereocenters. The number of methoxy groups -OCH3 is 1. The maximum absolute atomic E-state index is 10.2. The fourth-order valence-electron chi connectivity index (χ4n) is 3.36. The number of β-amino-alcohol motifs (C(OH)–C–C–N with tert-alkyl or cyclic N) is 1. The lowest BCUT2D eigenvalue weighted by atomic mass is 10.2. The molecule has 1 fully saturated rings. The zero-order chi connectivity index (χ0) is 19.1. The van der Waals surface area contributed by atoms with E-state index in [-0.39, 0.29) is 6.61 Å². The Kier molecular flexibility index (Phi) is 7.15. The maximum atomic E-state index is 10.2. The Balaban J connectivity index is 1.51. The quantitative estimate of drug-likeness (QED) is 0.667. The molecule has 0 amide bonds. The van der Waals surface area contributed by atoms with Crippen LogP contribution >= 0.6 is 0 Å². The second-order valence-corrected chi connectivity index (χ2v) is 7.07. The van der Waals surface area contributed by atoms with Gasteiger partial charge < -0.3 is 29.2 Å².